The smallest absolute Gasteiger partial charge is 0.228 e. The van der Waals surface area contributed by atoms with Crippen LogP contribution in [-0.2, 0) is 10.2 Å². The van der Waals surface area contributed by atoms with Crippen LogP contribution in [0.3, 0.4) is 0 Å². The van der Waals surface area contributed by atoms with Crippen LogP contribution in [-0.4, -0.2) is 19.0 Å². The third kappa shape index (κ3) is 4.36. The fraction of sp³-hybridized carbons (Fsp3) is 0.500. The maximum atomic E-state index is 12.0. The molecular weight excluding hydrogens is 250 g/mol. The molecule has 0 aliphatic rings. The van der Waals surface area contributed by atoms with E-state index in [9.17, 15) is 4.79 Å². The summed E-state index contributed by atoms with van der Waals surface area (Å²) in [6.07, 6.45) is 0. The Morgan fingerprint density at radius 2 is 1.95 bits per heavy atom. The molecule has 0 bridgehead atoms. The highest BCUT2D eigenvalue weighted by Crippen LogP contribution is 2.23. The van der Waals surface area contributed by atoms with Crippen molar-refractivity contribution in [1.29, 1.82) is 5.26 Å². The average molecular weight is 273 g/mol. The van der Waals surface area contributed by atoms with Crippen LogP contribution in [0.2, 0.25) is 0 Å². The van der Waals surface area contributed by atoms with Crippen LogP contribution in [0.15, 0.2) is 24.3 Å². The van der Waals surface area contributed by atoms with Crippen LogP contribution in [0.5, 0.6) is 0 Å². The van der Waals surface area contributed by atoms with E-state index in [4.69, 9.17) is 5.26 Å². The second-order valence-corrected chi connectivity index (χ2v) is 5.51. The Labute approximate surface area is 121 Å². The first-order valence-corrected chi connectivity index (χ1v) is 6.94. The molecule has 1 aromatic carbocycles. The lowest BCUT2D eigenvalue weighted by molar-refractivity contribution is -0.119. The number of rotatable bonds is 6. The monoisotopic (exact) mass is 273 g/mol. The van der Waals surface area contributed by atoms with Gasteiger partial charge in [-0.05, 0) is 38.1 Å². The normalized spacial score (nSPS) is 12.6. The SMILES string of the molecule is CCNCC(C)C(=O)Nc1ccc(C(C)(C)C#N)cc1. The van der Waals surface area contributed by atoms with Crippen molar-refractivity contribution < 1.29 is 4.79 Å². The summed E-state index contributed by atoms with van der Waals surface area (Å²) in [5.74, 6) is -0.0802. The van der Waals surface area contributed by atoms with E-state index in [1.54, 1.807) is 0 Å². The minimum atomic E-state index is -0.513. The molecular formula is C16H23N3O. The summed E-state index contributed by atoms with van der Waals surface area (Å²) in [5.41, 5.74) is 1.19. The van der Waals surface area contributed by atoms with E-state index >= 15 is 0 Å². The summed E-state index contributed by atoms with van der Waals surface area (Å²) in [6, 6.07) is 9.71. The van der Waals surface area contributed by atoms with Gasteiger partial charge < -0.3 is 10.6 Å². The second-order valence-electron chi connectivity index (χ2n) is 5.51. The fourth-order valence-corrected chi connectivity index (χ4v) is 1.75. The number of carbonyl (C=O) groups is 1. The first kappa shape index (κ1) is 16.2. The molecule has 0 spiro atoms. The first-order chi connectivity index (χ1) is 9.40. The van der Waals surface area contributed by atoms with E-state index in [2.05, 4.69) is 16.7 Å². The lowest BCUT2D eigenvalue weighted by Crippen LogP contribution is -2.30. The number of carbonyl (C=O) groups excluding carboxylic acids is 1. The summed E-state index contributed by atoms with van der Waals surface area (Å²) >= 11 is 0. The molecule has 1 atom stereocenters. The summed E-state index contributed by atoms with van der Waals surface area (Å²) in [7, 11) is 0. The Morgan fingerprint density at radius 3 is 2.45 bits per heavy atom. The van der Waals surface area contributed by atoms with Gasteiger partial charge in [-0.3, -0.25) is 4.79 Å². The van der Waals surface area contributed by atoms with Crippen molar-refractivity contribution in [3.63, 3.8) is 0 Å². The summed E-state index contributed by atoms with van der Waals surface area (Å²) < 4.78 is 0. The number of hydrogen-bond acceptors (Lipinski definition) is 3. The molecule has 0 aromatic heterocycles. The molecule has 0 aliphatic heterocycles. The lowest BCUT2D eigenvalue weighted by Gasteiger charge is -2.17. The first-order valence-electron chi connectivity index (χ1n) is 6.94. The van der Waals surface area contributed by atoms with Crippen molar-refractivity contribution in [2.24, 2.45) is 5.92 Å². The molecule has 0 saturated heterocycles. The minimum Gasteiger partial charge on any atom is -0.326 e. The predicted molar refractivity (Wildman–Crippen MR) is 81.4 cm³/mol. The molecule has 0 heterocycles. The molecule has 2 N–H and O–H groups in total. The third-order valence-corrected chi connectivity index (χ3v) is 3.30. The van der Waals surface area contributed by atoms with Crippen LogP contribution < -0.4 is 10.6 Å². The van der Waals surface area contributed by atoms with Crippen LogP contribution in [0.1, 0.15) is 33.3 Å². The highest BCUT2D eigenvalue weighted by molar-refractivity contribution is 5.92. The third-order valence-electron chi connectivity index (χ3n) is 3.30. The fourth-order valence-electron chi connectivity index (χ4n) is 1.75. The predicted octanol–water partition coefficient (Wildman–Crippen LogP) is 2.67. The van der Waals surface area contributed by atoms with E-state index < -0.39 is 5.41 Å². The largest absolute Gasteiger partial charge is 0.326 e. The lowest BCUT2D eigenvalue weighted by atomic mass is 9.86. The number of nitrogens with zero attached hydrogens (tertiary/aromatic N) is 1. The Hall–Kier alpha value is -1.86. The molecule has 20 heavy (non-hydrogen) atoms. The standard InChI is InChI=1S/C16H23N3O/c1-5-18-10-12(2)15(20)19-14-8-6-13(7-9-14)16(3,4)11-17/h6-9,12,18H,5,10H2,1-4H3,(H,19,20). The zero-order valence-electron chi connectivity index (χ0n) is 12.7. The number of benzene rings is 1. The molecule has 1 aromatic rings. The molecule has 0 aliphatic carbocycles. The van der Waals surface area contributed by atoms with Crippen LogP contribution in [0, 0.1) is 17.2 Å². The van der Waals surface area contributed by atoms with Gasteiger partial charge in [-0.2, -0.15) is 5.26 Å². The topological polar surface area (TPSA) is 64.9 Å². The van der Waals surface area contributed by atoms with E-state index in [1.165, 1.54) is 0 Å². The second kappa shape index (κ2) is 7.06. The van der Waals surface area contributed by atoms with Crippen molar-refractivity contribution in [3.8, 4) is 6.07 Å². The Bertz CT molecular complexity index is 485. The molecule has 1 amide bonds. The summed E-state index contributed by atoms with van der Waals surface area (Å²) in [4.78, 5) is 12.0. The minimum absolute atomic E-state index is 0.00163. The molecule has 4 heteroatoms. The maximum absolute atomic E-state index is 12.0. The number of hydrogen-bond donors (Lipinski definition) is 2. The van der Waals surface area contributed by atoms with Crippen LogP contribution >= 0.6 is 0 Å². The van der Waals surface area contributed by atoms with Crippen LogP contribution in [0.4, 0.5) is 5.69 Å². The highest BCUT2D eigenvalue weighted by Gasteiger charge is 2.19. The number of nitriles is 1. The molecule has 0 radical (unpaired) electrons. The average Bonchev–Trinajstić information content (AvgIpc) is 2.45. The summed E-state index contributed by atoms with van der Waals surface area (Å²) in [5, 5.41) is 15.1. The molecule has 1 rings (SSSR count). The summed E-state index contributed by atoms with van der Waals surface area (Å²) in [6.45, 7) is 9.18. The Kier molecular flexibility index (Phi) is 5.72. The van der Waals surface area contributed by atoms with Gasteiger partial charge in [-0.15, -0.1) is 0 Å². The van der Waals surface area contributed by atoms with Gasteiger partial charge in [0.25, 0.3) is 0 Å². The van der Waals surface area contributed by atoms with Crippen molar-refractivity contribution in [2.75, 3.05) is 18.4 Å². The van der Waals surface area contributed by atoms with Crippen molar-refractivity contribution >= 4 is 11.6 Å². The van der Waals surface area contributed by atoms with Gasteiger partial charge in [0.05, 0.1) is 11.5 Å². The van der Waals surface area contributed by atoms with Gasteiger partial charge in [0.15, 0.2) is 0 Å². The molecule has 0 fully saturated rings. The quantitative estimate of drug-likeness (QED) is 0.837. The molecule has 1 unspecified atom stereocenters. The van der Waals surface area contributed by atoms with Gasteiger partial charge in [0.2, 0.25) is 5.91 Å². The van der Waals surface area contributed by atoms with Gasteiger partial charge in [-0.1, -0.05) is 26.0 Å². The van der Waals surface area contributed by atoms with E-state index in [-0.39, 0.29) is 11.8 Å². The van der Waals surface area contributed by atoms with Crippen molar-refractivity contribution in [3.05, 3.63) is 29.8 Å². The number of anilines is 1. The van der Waals surface area contributed by atoms with Crippen LogP contribution in [0.25, 0.3) is 0 Å². The number of amides is 1. The maximum Gasteiger partial charge on any atom is 0.228 e. The highest BCUT2D eigenvalue weighted by atomic mass is 16.1. The molecule has 0 saturated carbocycles. The van der Waals surface area contributed by atoms with E-state index in [0.717, 1.165) is 17.8 Å². The number of nitrogens with one attached hydrogen (secondary N) is 2. The molecule has 108 valence electrons. The molecule has 4 nitrogen and oxygen atoms in total. The Morgan fingerprint density at radius 1 is 1.35 bits per heavy atom. The zero-order chi connectivity index (χ0) is 15.2. The van der Waals surface area contributed by atoms with Crippen molar-refractivity contribution in [2.45, 2.75) is 33.1 Å². The van der Waals surface area contributed by atoms with Gasteiger partial charge in [0, 0.05) is 18.2 Å². The van der Waals surface area contributed by atoms with Gasteiger partial charge >= 0.3 is 0 Å². The zero-order valence-corrected chi connectivity index (χ0v) is 12.7. The van der Waals surface area contributed by atoms with Crippen molar-refractivity contribution in [1.82, 2.24) is 5.32 Å². The Balaban J connectivity index is 2.67. The van der Waals surface area contributed by atoms with E-state index in [1.807, 2.05) is 52.0 Å². The van der Waals surface area contributed by atoms with Gasteiger partial charge in [-0.25, -0.2) is 0 Å². The van der Waals surface area contributed by atoms with Gasteiger partial charge in [0.1, 0.15) is 0 Å². The van der Waals surface area contributed by atoms with E-state index in [0.29, 0.717) is 6.54 Å².